The molecule has 19 heavy (non-hydrogen) atoms. The minimum atomic E-state index is 0.240. The lowest BCUT2D eigenvalue weighted by atomic mass is 10.2. The Labute approximate surface area is 112 Å². The summed E-state index contributed by atoms with van der Waals surface area (Å²) in [6.07, 6.45) is 2.25. The number of aliphatic hydroxyl groups is 1. The molecule has 0 spiro atoms. The summed E-state index contributed by atoms with van der Waals surface area (Å²) in [7, 11) is 0. The second-order valence-electron chi connectivity index (χ2n) is 4.88. The molecule has 1 fully saturated rings. The second kappa shape index (κ2) is 5.67. The van der Waals surface area contributed by atoms with Crippen molar-refractivity contribution in [2.75, 3.05) is 33.1 Å². The van der Waals surface area contributed by atoms with Gasteiger partial charge in [-0.1, -0.05) is 0 Å². The minimum absolute atomic E-state index is 0.240. The lowest BCUT2D eigenvalue weighted by Gasteiger charge is -2.22. The Morgan fingerprint density at radius 2 is 2.21 bits per heavy atom. The van der Waals surface area contributed by atoms with Gasteiger partial charge in [-0.2, -0.15) is 0 Å². The molecular formula is C14H19NO4. The first-order chi connectivity index (χ1) is 9.36. The van der Waals surface area contributed by atoms with E-state index in [0.29, 0.717) is 12.6 Å². The smallest absolute Gasteiger partial charge is 0.231 e. The van der Waals surface area contributed by atoms with E-state index in [-0.39, 0.29) is 13.4 Å². The maximum absolute atomic E-state index is 9.25. The van der Waals surface area contributed by atoms with E-state index < -0.39 is 0 Å². The predicted molar refractivity (Wildman–Crippen MR) is 69.7 cm³/mol. The molecule has 1 N–H and O–H groups in total. The van der Waals surface area contributed by atoms with Crippen molar-refractivity contribution in [3.63, 3.8) is 0 Å². The molecule has 0 amide bonds. The van der Waals surface area contributed by atoms with Crippen molar-refractivity contribution in [1.29, 1.82) is 0 Å². The van der Waals surface area contributed by atoms with Crippen LogP contribution in [0.1, 0.15) is 12.8 Å². The molecule has 1 atom stereocenters. The SMILES string of the molecule is OCC1CCCN1CCOc1ccc2c(c1)OCO2. The van der Waals surface area contributed by atoms with Crippen LogP contribution in [-0.2, 0) is 0 Å². The Balaban J connectivity index is 1.50. The van der Waals surface area contributed by atoms with Crippen molar-refractivity contribution in [1.82, 2.24) is 4.90 Å². The zero-order valence-corrected chi connectivity index (χ0v) is 10.9. The van der Waals surface area contributed by atoms with E-state index in [0.717, 1.165) is 43.2 Å². The van der Waals surface area contributed by atoms with Crippen LogP contribution in [0.3, 0.4) is 0 Å². The summed E-state index contributed by atoms with van der Waals surface area (Å²) in [5.41, 5.74) is 0. The number of benzene rings is 1. The molecule has 2 aliphatic rings. The fourth-order valence-corrected chi connectivity index (χ4v) is 2.64. The number of hydrogen-bond donors (Lipinski definition) is 1. The second-order valence-corrected chi connectivity index (χ2v) is 4.88. The van der Waals surface area contributed by atoms with E-state index in [2.05, 4.69) is 4.90 Å². The van der Waals surface area contributed by atoms with Gasteiger partial charge in [0.15, 0.2) is 11.5 Å². The third-order valence-electron chi connectivity index (χ3n) is 3.70. The maximum Gasteiger partial charge on any atom is 0.231 e. The van der Waals surface area contributed by atoms with Crippen molar-refractivity contribution < 1.29 is 19.3 Å². The maximum atomic E-state index is 9.25. The number of hydrogen-bond acceptors (Lipinski definition) is 5. The van der Waals surface area contributed by atoms with E-state index in [9.17, 15) is 5.11 Å². The number of ether oxygens (including phenoxy) is 3. The topological polar surface area (TPSA) is 51.2 Å². The first kappa shape index (κ1) is 12.6. The van der Waals surface area contributed by atoms with Crippen LogP contribution in [-0.4, -0.2) is 49.1 Å². The first-order valence-electron chi connectivity index (χ1n) is 6.74. The number of rotatable bonds is 5. The minimum Gasteiger partial charge on any atom is -0.492 e. The molecule has 0 radical (unpaired) electrons. The molecule has 0 aliphatic carbocycles. The van der Waals surface area contributed by atoms with Crippen LogP contribution in [0.2, 0.25) is 0 Å². The fourth-order valence-electron chi connectivity index (χ4n) is 2.64. The fraction of sp³-hybridized carbons (Fsp3) is 0.571. The Kier molecular flexibility index (Phi) is 3.75. The highest BCUT2D eigenvalue weighted by molar-refractivity contribution is 5.46. The third kappa shape index (κ3) is 2.77. The highest BCUT2D eigenvalue weighted by Crippen LogP contribution is 2.35. The molecule has 5 nitrogen and oxygen atoms in total. The number of likely N-dealkylation sites (tertiary alicyclic amines) is 1. The zero-order valence-electron chi connectivity index (χ0n) is 10.9. The van der Waals surface area contributed by atoms with Gasteiger partial charge in [-0.25, -0.2) is 0 Å². The highest BCUT2D eigenvalue weighted by Gasteiger charge is 2.23. The van der Waals surface area contributed by atoms with Crippen LogP contribution in [0, 0.1) is 0 Å². The molecule has 2 aliphatic heterocycles. The van der Waals surface area contributed by atoms with Crippen molar-refractivity contribution in [2.45, 2.75) is 18.9 Å². The average molecular weight is 265 g/mol. The average Bonchev–Trinajstić information content (AvgIpc) is 3.06. The molecule has 1 aromatic carbocycles. The third-order valence-corrected chi connectivity index (χ3v) is 3.70. The van der Waals surface area contributed by atoms with Gasteiger partial charge < -0.3 is 19.3 Å². The van der Waals surface area contributed by atoms with Crippen molar-refractivity contribution in [2.24, 2.45) is 0 Å². The van der Waals surface area contributed by atoms with Crippen LogP contribution in [0.25, 0.3) is 0 Å². The van der Waals surface area contributed by atoms with E-state index in [1.54, 1.807) is 0 Å². The van der Waals surface area contributed by atoms with Gasteiger partial charge in [0, 0.05) is 18.7 Å². The number of nitrogens with zero attached hydrogens (tertiary/aromatic N) is 1. The van der Waals surface area contributed by atoms with Gasteiger partial charge in [0.25, 0.3) is 0 Å². The molecule has 3 rings (SSSR count). The van der Waals surface area contributed by atoms with Crippen LogP contribution in [0.4, 0.5) is 0 Å². The van der Waals surface area contributed by atoms with Gasteiger partial charge in [-0.05, 0) is 31.5 Å². The summed E-state index contributed by atoms with van der Waals surface area (Å²) >= 11 is 0. The molecule has 1 unspecified atom stereocenters. The van der Waals surface area contributed by atoms with Gasteiger partial charge in [-0.3, -0.25) is 4.90 Å². The van der Waals surface area contributed by atoms with Gasteiger partial charge in [0.2, 0.25) is 6.79 Å². The van der Waals surface area contributed by atoms with Crippen LogP contribution < -0.4 is 14.2 Å². The molecule has 0 saturated carbocycles. The lowest BCUT2D eigenvalue weighted by molar-refractivity contribution is 0.139. The molecule has 104 valence electrons. The summed E-state index contributed by atoms with van der Waals surface area (Å²) in [4.78, 5) is 2.28. The quantitative estimate of drug-likeness (QED) is 0.868. The van der Waals surface area contributed by atoms with Gasteiger partial charge in [0.05, 0.1) is 6.61 Å². The standard InChI is InChI=1S/C14H19NO4/c16-9-11-2-1-5-15(11)6-7-17-12-3-4-13-14(8-12)19-10-18-13/h3-4,8,11,16H,1-2,5-7,9-10H2. The van der Waals surface area contributed by atoms with Crippen molar-refractivity contribution >= 4 is 0 Å². The molecule has 1 saturated heterocycles. The molecule has 1 aromatic rings. The Bertz CT molecular complexity index is 437. The number of aliphatic hydroxyl groups excluding tert-OH is 1. The Morgan fingerprint density at radius 1 is 1.32 bits per heavy atom. The lowest BCUT2D eigenvalue weighted by Crippen LogP contribution is -2.35. The van der Waals surface area contributed by atoms with Crippen molar-refractivity contribution in [3.8, 4) is 17.2 Å². The molecule has 0 bridgehead atoms. The van der Waals surface area contributed by atoms with Crippen LogP contribution in [0.5, 0.6) is 17.2 Å². The van der Waals surface area contributed by atoms with Crippen LogP contribution >= 0.6 is 0 Å². The van der Waals surface area contributed by atoms with Crippen LogP contribution in [0.15, 0.2) is 18.2 Å². The summed E-state index contributed by atoms with van der Waals surface area (Å²) in [5.74, 6) is 2.31. The Hall–Kier alpha value is -1.46. The summed E-state index contributed by atoms with van der Waals surface area (Å²) in [5, 5.41) is 9.25. The molecular weight excluding hydrogens is 246 g/mol. The van der Waals surface area contributed by atoms with E-state index in [1.165, 1.54) is 0 Å². The zero-order chi connectivity index (χ0) is 13.1. The normalized spacial score (nSPS) is 21.8. The first-order valence-corrected chi connectivity index (χ1v) is 6.74. The van der Waals surface area contributed by atoms with Gasteiger partial charge in [-0.15, -0.1) is 0 Å². The Morgan fingerprint density at radius 3 is 3.11 bits per heavy atom. The van der Waals surface area contributed by atoms with E-state index in [4.69, 9.17) is 14.2 Å². The molecule has 0 aromatic heterocycles. The summed E-state index contributed by atoms with van der Waals surface area (Å²) < 4.78 is 16.3. The largest absolute Gasteiger partial charge is 0.492 e. The van der Waals surface area contributed by atoms with Crippen molar-refractivity contribution in [3.05, 3.63) is 18.2 Å². The molecule has 5 heteroatoms. The monoisotopic (exact) mass is 265 g/mol. The number of fused-ring (bicyclic) bond motifs is 1. The van der Waals surface area contributed by atoms with Gasteiger partial charge >= 0.3 is 0 Å². The molecule has 2 heterocycles. The summed E-state index contributed by atoms with van der Waals surface area (Å²) in [6.45, 7) is 3.04. The summed E-state index contributed by atoms with van der Waals surface area (Å²) in [6, 6.07) is 5.92. The highest BCUT2D eigenvalue weighted by atomic mass is 16.7. The van der Waals surface area contributed by atoms with E-state index in [1.807, 2.05) is 18.2 Å². The van der Waals surface area contributed by atoms with E-state index >= 15 is 0 Å². The van der Waals surface area contributed by atoms with Gasteiger partial charge in [0.1, 0.15) is 12.4 Å². The predicted octanol–water partition coefficient (Wildman–Crippen LogP) is 1.25.